The van der Waals surface area contributed by atoms with Gasteiger partial charge in [-0.1, -0.05) is 6.07 Å². The monoisotopic (exact) mass is 215 g/mol. The number of carbonyl (C=O) groups excluding carboxylic acids is 3. The molecule has 0 aromatic heterocycles. The lowest BCUT2D eigenvalue weighted by Crippen LogP contribution is -2.30. The second kappa shape index (κ2) is 3.47. The van der Waals surface area contributed by atoms with Crippen molar-refractivity contribution in [3.05, 3.63) is 29.8 Å². The Kier molecular flexibility index (Phi) is 2.14. The Hall–Kier alpha value is -2.68. The zero-order valence-corrected chi connectivity index (χ0v) is 7.93. The van der Waals surface area contributed by atoms with Gasteiger partial charge in [-0.3, -0.25) is 14.9 Å². The number of amides is 4. The summed E-state index contributed by atoms with van der Waals surface area (Å²) in [6.45, 7) is 0. The van der Waals surface area contributed by atoms with E-state index in [1.165, 1.54) is 24.3 Å². The van der Waals surface area contributed by atoms with E-state index in [1.807, 2.05) is 11.4 Å². The number of anilines is 1. The molecule has 1 saturated heterocycles. The van der Waals surface area contributed by atoms with Crippen LogP contribution in [-0.4, -0.2) is 17.8 Å². The Balaban J connectivity index is 2.45. The average molecular weight is 215 g/mol. The molecule has 0 aliphatic carbocycles. The summed E-state index contributed by atoms with van der Waals surface area (Å²) in [5, 5.41) is 10.5. The number of rotatable bonds is 1. The van der Waals surface area contributed by atoms with Crippen LogP contribution in [0.1, 0.15) is 5.56 Å². The first-order valence-electron chi connectivity index (χ1n) is 4.33. The average Bonchev–Trinajstić information content (AvgIpc) is 2.53. The smallest absolute Gasteiger partial charge is 0.269 e. The standard InChI is InChI=1S/C10H5N3O3/c11-5-6-2-1-3-7(4-6)13-9(15)8(14)12-10(13)16/h1-4H,(H,12,14,16). The number of hydrogen-bond acceptors (Lipinski definition) is 4. The maximum absolute atomic E-state index is 11.3. The molecule has 0 spiro atoms. The quantitative estimate of drug-likeness (QED) is 0.533. The van der Waals surface area contributed by atoms with Crippen molar-refractivity contribution >= 4 is 23.5 Å². The van der Waals surface area contributed by atoms with E-state index in [1.54, 1.807) is 0 Å². The van der Waals surface area contributed by atoms with Gasteiger partial charge in [0.15, 0.2) is 0 Å². The highest BCUT2D eigenvalue weighted by molar-refractivity contribution is 6.53. The first kappa shape index (κ1) is 9.86. The van der Waals surface area contributed by atoms with Gasteiger partial charge in [0.25, 0.3) is 0 Å². The predicted octanol–water partition coefficient (Wildman–Crippen LogP) is 0.141. The van der Waals surface area contributed by atoms with Crippen molar-refractivity contribution in [2.75, 3.05) is 4.90 Å². The maximum atomic E-state index is 11.3. The van der Waals surface area contributed by atoms with Crippen molar-refractivity contribution in [1.29, 1.82) is 5.26 Å². The summed E-state index contributed by atoms with van der Waals surface area (Å²) in [5.41, 5.74) is 0.504. The van der Waals surface area contributed by atoms with E-state index in [0.29, 0.717) is 10.5 Å². The largest absolute Gasteiger partial charge is 0.336 e. The van der Waals surface area contributed by atoms with Crippen LogP contribution >= 0.6 is 0 Å². The van der Waals surface area contributed by atoms with Crippen molar-refractivity contribution < 1.29 is 14.4 Å². The first-order chi connectivity index (χ1) is 7.63. The summed E-state index contributed by atoms with van der Waals surface area (Å²) >= 11 is 0. The zero-order valence-electron chi connectivity index (χ0n) is 7.93. The molecule has 0 saturated carbocycles. The molecule has 0 atom stereocenters. The third-order valence-corrected chi connectivity index (χ3v) is 2.05. The number of carbonyl (C=O) groups is 3. The molecule has 1 heterocycles. The van der Waals surface area contributed by atoms with Crippen LogP contribution in [0.3, 0.4) is 0 Å². The van der Waals surface area contributed by atoms with Crippen molar-refractivity contribution in [3.63, 3.8) is 0 Å². The summed E-state index contributed by atoms with van der Waals surface area (Å²) in [7, 11) is 0. The van der Waals surface area contributed by atoms with Gasteiger partial charge < -0.3 is 0 Å². The molecular formula is C10H5N3O3. The van der Waals surface area contributed by atoms with Crippen LogP contribution in [0.2, 0.25) is 0 Å². The summed E-state index contributed by atoms with van der Waals surface area (Å²) in [6.07, 6.45) is 0. The third-order valence-electron chi connectivity index (χ3n) is 2.05. The number of imide groups is 2. The van der Waals surface area contributed by atoms with Crippen molar-refractivity contribution in [3.8, 4) is 6.07 Å². The number of hydrogen-bond donors (Lipinski definition) is 1. The van der Waals surface area contributed by atoms with Gasteiger partial charge in [0.2, 0.25) is 0 Å². The molecule has 1 aliphatic heterocycles. The van der Waals surface area contributed by atoms with Gasteiger partial charge in [-0.15, -0.1) is 0 Å². The summed E-state index contributed by atoms with van der Waals surface area (Å²) < 4.78 is 0. The van der Waals surface area contributed by atoms with Crippen molar-refractivity contribution in [2.24, 2.45) is 0 Å². The molecule has 1 fully saturated rings. The fraction of sp³-hybridized carbons (Fsp3) is 0. The SMILES string of the molecule is N#Cc1cccc(N2C(=O)NC(=O)C2=O)c1. The lowest BCUT2D eigenvalue weighted by molar-refractivity contribution is -0.134. The van der Waals surface area contributed by atoms with Crippen LogP contribution in [0.4, 0.5) is 10.5 Å². The van der Waals surface area contributed by atoms with Crippen molar-refractivity contribution in [2.45, 2.75) is 0 Å². The van der Waals surface area contributed by atoms with Crippen LogP contribution in [0.5, 0.6) is 0 Å². The Bertz CT molecular complexity index is 544. The summed E-state index contributed by atoms with van der Waals surface area (Å²) in [4.78, 5) is 34.2. The molecule has 1 aliphatic rings. The normalized spacial score (nSPS) is 14.9. The fourth-order valence-electron chi connectivity index (χ4n) is 1.35. The summed E-state index contributed by atoms with van der Waals surface area (Å²) in [6, 6.07) is 6.96. The van der Waals surface area contributed by atoms with Crippen LogP contribution in [0, 0.1) is 11.3 Å². The molecule has 6 heteroatoms. The van der Waals surface area contributed by atoms with Crippen LogP contribution in [0.25, 0.3) is 0 Å². The number of nitrogens with one attached hydrogen (secondary N) is 1. The number of nitriles is 1. The predicted molar refractivity (Wildman–Crippen MR) is 52.2 cm³/mol. The number of urea groups is 1. The van der Waals surface area contributed by atoms with E-state index >= 15 is 0 Å². The second-order valence-corrected chi connectivity index (χ2v) is 3.06. The zero-order chi connectivity index (χ0) is 11.7. The minimum absolute atomic E-state index is 0.201. The molecule has 0 bridgehead atoms. The van der Waals surface area contributed by atoms with E-state index in [2.05, 4.69) is 0 Å². The first-order valence-corrected chi connectivity index (χ1v) is 4.33. The number of nitrogens with zero attached hydrogens (tertiary/aromatic N) is 2. The lowest BCUT2D eigenvalue weighted by atomic mass is 10.2. The third kappa shape index (κ3) is 1.40. The lowest BCUT2D eigenvalue weighted by Gasteiger charge is -2.10. The Morgan fingerprint density at radius 2 is 2.00 bits per heavy atom. The van der Waals surface area contributed by atoms with Gasteiger partial charge in [0.05, 0.1) is 17.3 Å². The Morgan fingerprint density at radius 3 is 2.56 bits per heavy atom. The molecule has 0 unspecified atom stereocenters. The highest BCUT2D eigenvalue weighted by Crippen LogP contribution is 2.18. The van der Waals surface area contributed by atoms with Gasteiger partial charge in [-0.2, -0.15) is 5.26 Å². The Labute approximate surface area is 90.1 Å². The van der Waals surface area contributed by atoms with Gasteiger partial charge >= 0.3 is 17.8 Å². The molecule has 6 nitrogen and oxygen atoms in total. The van der Waals surface area contributed by atoms with E-state index < -0.39 is 17.8 Å². The molecular weight excluding hydrogens is 210 g/mol. The van der Waals surface area contributed by atoms with Gasteiger partial charge in [0.1, 0.15) is 0 Å². The topological polar surface area (TPSA) is 90.3 Å². The van der Waals surface area contributed by atoms with Gasteiger partial charge in [-0.05, 0) is 18.2 Å². The molecule has 1 aromatic rings. The van der Waals surface area contributed by atoms with Crippen molar-refractivity contribution in [1.82, 2.24) is 5.32 Å². The highest BCUT2D eigenvalue weighted by atomic mass is 16.2. The van der Waals surface area contributed by atoms with E-state index in [0.717, 1.165) is 0 Å². The molecule has 78 valence electrons. The van der Waals surface area contributed by atoms with E-state index in [4.69, 9.17) is 5.26 Å². The molecule has 4 amide bonds. The molecule has 0 radical (unpaired) electrons. The van der Waals surface area contributed by atoms with Gasteiger partial charge in [-0.25, -0.2) is 9.69 Å². The van der Waals surface area contributed by atoms with Gasteiger partial charge in [0, 0.05) is 0 Å². The minimum atomic E-state index is -0.965. The second-order valence-electron chi connectivity index (χ2n) is 3.06. The van der Waals surface area contributed by atoms with Crippen LogP contribution in [0.15, 0.2) is 24.3 Å². The fourth-order valence-corrected chi connectivity index (χ4v) is 1.35. The Morgan fingerprint density at radius 1 is 1.25 bits per heavy atom. The number of benzene rings is 1. The summed E-state index contributed by atoms with van der Waals surface area (Å²) in [5.74, 6) is -1.91. The molecule has 1 aromatic carbocycles. The maximum Gasteiger partial charge on any atom is 0.336 e. The minimum Gasteiger partial charge on any atom is -0.269 e. The van der Waals surface area contributed by atoms with Crippen LogP contribution < -0.4 is 10.2 Å². The van der Waals surface area contributed by atoms with Crippen LogP contribution in [-0.2, 0) is 9.59 Å². The van der Waals surface area contributed by atoms with E-state index in [9.17, 15) is 14.4 Å². The molecule has 1 N–H and O–H groups in total. The molecule has 2 rings (SSSR count). The molecule has 16 heavy (non-hydrogen) atoms. The highest BCUT2D eigenvalue weighted by Gasteiger charge is 2.37. The van der Waals surface area contributed by atoms with E-state index in [-0.39, 0.29) is 5.69 Å².